The topological polar surface area (TPSA) is 100 Å². The summed E-state index contributed by atoms with van der Waals surface area (Å²) in [5, 5.41) is 6.86. The normalized spacial score (nSPS) is 15.7. The van der Waals surface area contributed by atoms with Crippen molar-refractivity contribution in [3.63, 3.8) is 0 Å². The van der Waals surface area contributed by atoms with Gasteiger partial charge in [-0.25, -0.2) is 8.42 Å². The van der Waals surface area contributed by atoms with Crippen LogP contribution in [0, 0.1) is 0 Å². The molecule has 0 unspecified atom stereocenters. The van der Waals surface area contributed by atoms with E-state index in [0.29, 0.717) is 26.2 Å². The molecule has 0 saturated carbocycles. The molecular weight excluding hydrogens is 330 g/mol. The predicted molar refractivity (Wildman–Crippen MR) is 88.0 cm³/mol. The van der Waals surface area contributed by atoms with Crippen molar-refractivity contribution in [1.82, 2.24) is 24.4 Å². The molecule has 0 aliphatic carbocycles. The summed E-state index contributed by atoms with van der Waals surface area (Å²) in [6, 6.07) is 3.25. The van der Waals surface area contributed by atoms with Crippen LogP contribution < -0.4 is 5.32 Å². The molecule has 2 aromatic heterocycles. The molecule has 2 aromatic rings. The van der Waals surface area contributed by atoms with Gasteiger partial charge in [-0.2, -0.15) is 9.40 Å². The molecule has 24 heavy (non-hydrogen) atoms. The van der Waals surface area contributed by atoms with Crippen LogP contribution in [-0.4, -0.2) is 53.0 Å². The van der Waals surface area contributed by atoms with Crippen molar-refractivity contribution in [3.05, 3.63) is 36.4 Å². The molecule has 0 spiro atoms. The summed E-state index contributed by atoms with van der Waals surface area (Å²) in [6.07, 6.45) is 7.46. The lowest BCUT2D eigenvalue weighted by Gasteiger charge is -2.13. The highest BCUT2D eigenvalue weighted by Gasteiger charge is 2.28. The summed E-state index contributed by atoms with van der Waals surface area (Å²) in [4.78, 5) is 15.0. The summed E-state index contributed by atoms with van der Waals surface area (Å²) in [7, 11) is -3.50. The van der Waals surface area contributed by atoms with Crippen LogP contribution in [0.1, 0.15) is 29.8 Å². The molecule has 1 aliphatic rings. The van der Waals surface area contributed by atoms with Crippen molar-refractivity contribution in [2.24, 2.45) is 0 Å². The number of aromatic amines is 1. The molecule has 1 fully saturated rings. The van der Waals surface area contributed by atoms with Crippen LogP contribution in [-0.2, 0) is 16.6 Å². The van der Waals surface area contributed by atoms with Gasteiger partial charge in [0.2, 0.25) is 10.0 Å². The van der Waals surface area contributed by atoms with Gasteiger partial charge in [-0.3, -0.25) is 9.48 Å². The minimum atomic E-state index is -3.50. The summed E-state index contributed by atoms with van der Waals surface area (Å²) in [5.74, 6) is -0.307. The molecule has 0 atom stereocenters. The third-order valence-corrected chi connectivity index (χ3v) is 5.89. The van der Waals surface area contributed by atoms with Crippen molar-refractivity contribution >= 4 is 15.9 Å². The van der Waals surface area contributed by atoms with Gasteiger partial charge in [-0.05, 0) is 31.4 Å². The molecule has 0 radical (unpaired) electrons. The van der Waals surface area contributed by atoms with Crippen molar-refractivity contribution < 1.29 is 13.2 Å². The summed E-state index contributed by atoms with van der Waals surface area (Å²) >= 11 is 0. The third-order valence-electron chi connectivity index (χ3n) is 4.01. The molecule has 8 nitrogen and oxygen atoms in total. The van der Waals surface area contributed by atoms with Gasteiger partial charge in [-0.1, -0.05) is 0 Å². The van der Waals surface area contributed by atoms with Crippen LogP contribution in [0.3, 0.4) is 0 Å². The first-order valence-corrected chi connectivity index (χ1v) is 9.45. The Morgan fingerprint density at radius 3 is 2.83 bits per heavy atom. The fraction of sp³-hybridized carbons (Fsp3) is 0.467. The monoisotopic (exact) mass is 351 g/mol. The molecule has 1 amide bonds. The van der Waals surface area contributed by atoms with Crippen molar-refractivity contribution in [2.75, 3.05) is 19.6 Å². The molecule has 0 aromatic carbocycles. The Balaban J connectivity index is 1.53. The molecule has 9 heteroatoms. The number of hydrogen-bond donors (Lipinski definition) is 2. The summed E-state index contributed by atoms with van der Waals surface area (Å²) in [6.45, 7) is 2.30. The number of aryl methyl sites for hydroxylation is 1. The lowest BCUT2D eigenvalue weighted by atomic mass is 10.3. The Morgan fingerprint density at radius 1 is 1.33 bits per heavy atom. The molecule has 3 heterocycles. The largest absolute Gasteiger partial charge is 0.356 e. The van der Waals surface area contributed by atoms with Gasteiger partial charge in [-0.15, -0.1) is 0 Å². The highest BCUT2D eigenvalue weighted by atomic mass is 32.2. The molecular formula is C15H21N5O3S. The van der Waals surface area contributed by atoms with Gasteiger partial charge in [0, 0.05) is 44.8 Å². The van der Waals surface area contributed by atoms with Gasteiger partial charge in [0.05, 0.1) is 0 Å². The van der Waals surface area contributed by atoms with Gasteiger partial charge in [0.1, 0.15) is 10.6 Å². The molecule has 130 valence electrons. The van der Waals surface area contributed by atoms with E-state index < -0.39 is 10.0 Å². The van der Waals surface area contributed by atoms with Crippen LogP contribution in [0.15, 0.2) is 35.6 Å². The van der Waals surface area contributed by atoms with E-state index in [-0.39, 0.29) is 16.5 Å². The molecule has 0 bridgehead atoms. The van der Waals surface area contributed by atoms with E-state index in [2.05, 4.69) is 15.4 Å². The number of nitrogens with zero attached hydrogens (tertiary/aromatic N) is 3. The number of hydrogen-bond acceptors (Lipinski definition) is 4. The average molecular weight is 351 g/mol. The first kappa shape index (κ1) is 16.7. The van der Waals surface area contributed by atoms with E-state index in [0.717, 1.165) is 19.3 Å². The van der Waals surface area contributed by atoms with Gasteiger partial charge < -0.3 is 10.3 Å². The van der Waals surface area contributed by atoms with E-state index in [1.165, 1.54) is 16.6 Å². The first-order chi connectivity index (χ1) is 11.6. The quantitative estimate of drug-likeness (QED) is 0.721. The fourth-order valence-corrected chi connectivity index (χ4v) is 4.21. The van der Waals surface area contributed by atoms with Crippen LogP contribution in [0.25, 0.3) is 0 Å². The van der Waals surface area contributed by atoms with Crippen LogP contribution in [0.4, 0.5) is 0 Å². The zero-order valence-electron chi connectivity index (χ0n) is 13.3. The minimum absolute atomic E-state index is 0.145. The van der Waals surface area contributed by atoms with E-state index in [4.69, 9.17) is 0 Å². The van der Waals surface area contributed by atoms with Crippen LogP contribution in [0.5, 0.6) is 0 Å². The van der Waals surface area contributed by atoms with Crippen LogP contribution in [0.2, 0.25) is 0 Å². The SMILES string of the molecule is O=C(NCCCn1cccn1)c1cc(S(=O)(=O)N2CCCC2)c[nH]1. The second-order valence-electron chi connectivity index (χ2n) is 5.74. The third kappa shape index (κ3) is 3.68. The lowest BCUT2D eigenvalue weighted by molar-refractivity contribution is 0.0948. The number of carbonyl (C=O) groups is 1. The predicted octanol–water partition coefficient (Wildman–Crippen LogP) is 0.816. The van der Waals surface area contributed by atoms with Gasteiger partial charge in [0.25, 0.3) is 5.91 Å². The molecule has 2 N–H and O–H groups in total. The van der Waals surface area contributed by atoms with Gasteiger partial charge >= 0.3 is 0 Å². The second-order valence-corrected chi connectivity index (χ2v) is 7.68. The Bertz CT molecular complexity index is 776. The fourth-order valence-electron chi connectivity index (χ4n) is 2.70. The second kappa shape index (κ2) is 7.18. The van der Waals surface area contributed by atoms with Crippen molar-refractivity contribution in [3.8, 4) is 0 Å². The number of amides is 1. The number of sulfonamides is 1. The van der Waals surface area contributed by atoms with E-state index in [9.17, 15) is 13.2 Å². The van der Waals surface area contributed by atoms with E-state index >= 15 is 0 Å². The molecule has 3 rings (SSSR count). The average Bonchev–Trinajstić information content (AvgIpc) is 3.34. The highest BCUT2D eigenvalue weighted by Crippen LogP contribution is 2.21. The number of nitrogens with one attached hydrogen (secondary N) is 2. The van der Waals surface area contributed by atoms with E-state index in [1.807, 2.05) is 12.3 Å². The lowest BCUT2D eigenvalue weighted by Crippen LogP contribution is -2.27. The standard InChI is InChI=1S/C15H21N5O3S/c21-15(16-5-3-7-19-8-4-6-18-19)14-11-13(12-17-14)24(22,23)20-9-1-2-10-20/h4,6,8,11-12,17H,1-3,5,7,9-10H2,(H,16,21). The molecule has 1 aliphatic heterocycles. The summed E-state index contributed by atoms with van der Waals surface area (Å²) in [5.41, 5.74) is 0.256. The van der Waals surface area contributed by atoms with Crippen LogP contribution >= 0.6 is 0 Å². The number of H-pyrrole nitrogens is 1. The zero-order valence-corrected chi connectivity index (χ0v) is 14.1. The highest BCUT2D eigenvalue weighted by molar-refractivity contribution is 7.89. The number of aromatic nitrogens is 3. The maximum Gasteiger partial charge on any atom is 0.267 e. The first-order valence-electron chi connectivity index (χ1n) is 8.01. The Labute approximate surface area is 140 Å². The minimum Gasteiger partial charge on any atom is -0.356 e. The maximum absolute atomic E-state index is 12.4. The maximum atomic E-state index is 12.4. The summed E-state index contributed by atoms with van der Waals surface area (Å²) < 4.78 is 28.1. The van der Waals surface area contributed by atoms with Gasteiger partial charge in [0.15, 0.2) is 0 Å². The Morgan fingerprint density at radius 2 is 2.12 bits per heavy atom. The number of rotatable bonds is 7. The number of carbonyl (C=O) groups excluding carboxylic acids is 1. The van der Waals surface area contributed by atoms with Crippen molar-refractivity contribution in [2.45, 2.75) is 30.7 Å². The molecule has 1 saturated heterocycles. The van der Waals surface area contributed by atoms with E-state index in [1.54, 1.807) is 10.9 Å². The smallest absolute Gasteiger partial charge is 0.267 e. The Hall–Kier alpha value is -2.13. The zero-order chi connectivity index (χ0) is 17.0. The Kier molecular flexibility index (Phi) is 5.00. The van der Waals surface area contributed by atoms with Crippen molar-refractivity contribution in [1.29, 1.82) is 0 Å².